The van der Waals surface area contributed by atoms with Crippen molar-refractivity contribution in [3.63, 3.8) is 0 Å². The Hall–Kier alpha value is -2.30. The molecule has 1 heterocycles. The van der Waals surface area contributed by atoms with E-state index in [0.29, 0.717) is 23.9 Å². The Kier molecular flexibility index (Phi) is 4.18. The van der Waals surface area contributed by atoms with Crippen LogP contribution >= 0.6 is 0 Å². The summed E-state index contributed by atoms with van der Waals surface area (Å²) in [4.78, 5) is 4.08. The molecule has 0 bridgehead atoms. The van der Waals surface area contributed by atoms with Gasteiger partial charge in [0.05, 0.1) is 19.9 Å². The lowest BCUT2D eigenvalue weighted by Crippen LogP contribution is -2.04. The van der Waals surface area contributed by atoms with E-state index in [0.717, 1.165) is 5.56 Å². The van der Waals surface area contributed by atoms with E-state index >= 15 is 0 Å². The van der Waals surface area contributed by atoms with Gasteiger partial charge in [0.1, 0.15) is 11.6 Å². The Bertz CT molecular complexity index is 561. The lowest BCUT2D eigenvalue weighted by Gasteiger charge is -2.11. The summed E-state index contributed by atoms with van der Waals surface area (Å²) in [6.45, 7) is 0.418. The van der Waals surface area contributed by atoms with Crippen molar-refractivity contribution in [1.82, 2.24) is 4.98 Å². The van der Waals surface area contributed by atoms with Gasteiger partial charge < -0.3 is 14.8 Å². The summed E-state index contributed by atoms with van der Waals surface area (Å²) in [5, 5.41) is 3.00. The third-order valence-corrected chi connectivity index (χ3v) is 2.69. The van der Waals surface area contributed by atoms with Gasteiger partial charge in [-0.25, -0.2) is 9.37 Å². The van der Waals surface area contributed by atoms with Crippen molar-refractivity contribution in [2.75, 3.05) is 19.5 Å². The van der Waals surface area contributed by atoms with Gasteiger partial charge in [-0.05, 0) is 18.2 Å². The van der Waals surface area contributed by atoms with E-state index in [1.165, 1.54) is 6.07 Å². The minimum Gasteiger partial charge on any atom is -0.497 e. The number of aromatic nitrogens is 1. The molecule has 0 aliphatic heterocycles. The predicted molar refractivity (Wildman–Crippen MR) is 71.1 cm³/mol. The highest BCUT2D eigenvalue weighted by molar-refractivity contribution is 5.50. The Morgan fingerprint density at radius 1 is 1.21 bits per heavy atom. The van der Waals surface area contributed by atoms with Gasteiger partial charge in [-0.3, -0.25) is 0 Å². The second-order valence-electron chi connectivity index (χ2n) is 3.87. The number of hydrogen-bond donors (Lipinski definition) is 1. The Morgan fingerprint density at radius 2 is 2.05 bits per heavy atom. The van der Waals surface area contributed by atoms with Crippen LogP contribution < -0.4 is 14.8 Å². The molecule has 19 heavy (non-hydrogen) atoms. The molecule has 0 aliphatic carbocycles. The second kappa shape index (κ2) is 6.04. The number of nitrogens with one attached hydrogen (secondary N) is 1. The molecule has 2 rings (SSSR count). The normalized spacial score (nSPS) is 10.1. The topological polar surface area (TPSA) is 43.4 Å². The number of ether oxygens (including phenoxy) is 2. The SMILES string of the molecule is COc1ccc(F)c(NCc2cccnc2OC)c1. The van der Waals surface area contributed by atoms with Gasteiger partial charge in [-0.1, -0.05) is 6.07 Å². The van der Waals surface area contributed by atoms with Gasteiger partial charge in [-0.2, -0.15) is 0 Å². The molecule has 0 unspecified atom stereocenters. The fraction of sp³-hybridized carbons (Fsp3) is 0.214. The van der Waals surface area contributed by atoms with Gasteiger partial charge in [-0.15, -0.1) is 0 Å². The zero-order valence-corrected chi connectivity index (χ0v) is 10.8. The molecular formula is C14H15FN2O2. The first-order valence-electron chi connectivity index (χ1n) is 5.80. The summed E-state index contributed by atoms with van der Waals surface area (Å²) in [5.41, 5.74) is 1.23. The van der Waals surface area contributed by atoms with E-state index in [1.807, 2.05) is 12.1 Å². The number of nitrogens with zero attached hydrogens (tertiary/aromatic N) is 1. The fourth-order valence-corrected chi connectivity index (χ4v) is 1.70. The van der Waals surface area contributed by atoms with Crippen molar-refractivity contribution in [2.45, 2.75) is 6.54 Å². The number of methoxy groups -OCH3 is 2. The van der Waals surface area contributed by atoms with E-state index in [1.54, 1.807) is 32.5 Å². The highest BCUT2D eigenvalue weighted by Gasteiger charge is 2.06. The standard InChI is InChI=1S/C14H15FN2O2/c1-18-11-5-6-12(15)13(8-11)17-9-10-4-3-7-16-14(10)19-2/h3-8,17H,9H2,1-2H3. The predicted octanol–water partition coefficient (Wildman–Crippen LogP) is 2.85. The first-order valence-corrected chi connectivity index (χ1v) is 5.80. The van der Waals surface area contributed by atoms with E-state index < -0.39 is 0 Å². The van der Waals surface area contributed by atoms with Crippen molar-refractivity contribution >= 4 is 5.69 Å². The monoisotopic (exact) mass is 262 g/mol. The molecule has 4 nitrogen and oxygen atoms in total. The molecule has 0 aliphatic rings. The summed E-state index contributed by atoms with van der Waals surface area (Å²) < 4.78 is 23.8. The lowest BCUT2D eigenvalue weighted by molar-refractivity contribution is 0.393. The van der Waals surface area contributed by atoms with Crippen molar-refractivity contribution in [1.29, 1.82) is 0 Å². The zero-order chi connectivity index (χ0) is 13.7. The van der Waals surface area contributed by atoms with E-state index in [4.69, 9.17) is 9.47 Å². The Balaban J connectivity index is 2.14. The molecule has 1 aromatic heterocycles. The van der Waals surface area contributed by atoms with Crippen molar-refractivity contribution in [2.24, 2.45) is 0 Å². The van der Waals surface area contributed by atoms with Gasteiger partial charge in [0.15, 0.2) is 0 Å². The van der Waals surface area contributed by atoms with E-state index in [-0.39, 0.29) is 5.82 Å². The molecule has 2 aromatic rings. The summed E-state index contributed by atoms with van der Waals surface area (Å²) in [5.74, 6) is 0.795. The second-order valence-corrected chi connectivity index (χ2v) is 3.87. The van der Waals surface area contributed by atoms with Crippen LogP contribution in [0.5, 0.6) is 11.6 Å². The number of benzene rings is 1. The fourth-order valence-electron chi connectivity index (χ4n) is 1.70. The molecule has 0 radical (unpaired) electrons. The Morgan fingerprint density at radius 3 is 2.79 bits per heavy atom. The summed E-state index contributed by atoms with van der Waals surface area (Å²) in [7, 11) is 3.10. The van der Waals surface area contributed by atoms with Crippen LogP contribution in [-0.2, 0) is 6.54 Å². The molecule has 5 heteroatoms. The minimum atomic E-state index is -0.330. The molecule has 100 valence electrons. The van der Waals surface area contributed by atoms with E-state index in [9.17, 15) is 4.39 Å². The van der Waals surface area contributed by atoms with Crippen LogP contribution in [0, 0.1) is 5.82 Å². The van der Waals surface area contributed by atoms with Crippen molar-refractivity contribution < 1.29 is 13.9 Å². The highest BCUT2D eigenvalue weighted by atomic mass is 19.1. The molecule has 0 spiro atoms. The highest BCUT2D eigenvalue weighted by Crippen LogP contribution is 2.22. The lowest BCUT2D eigenvalue weighted by atomic mass is 10.2. The number of rotatable bonds is 5. The third kappa shape index (κ3) is 3.13. The van der Waals surface area contributed by atoms with Crippen LogP contribution in [-0.4, -0.2) is 19.2 Å². The maximum Gasteiger partial charge on any atom is 0.218 e. The van der Waals surface area contributed by atoms with Crippen LogP contribution in [0.3, 0.4) is 0 Å². The molecule has 0 atom stereocenters. The summed E-state index contributed by atoms with van der Waals surface area (Å²) in [6.07, 6.45) is 1.65. The quantitative estimate of drug-likeness (QED) is 0.899. The zero-order valence-electron chi connectivity index (χ0n) is 10.8. The molecule has 1 aromatic carbocycles. The number of anilines is 1. The molecule has 0 amide bonds. The minimum absolute atomic E-state index is 0.330. The molecule has 0 saturated heterocycles. The molecular weight excluding hydrogens is 247 g/mol. The van der Waals surface area contributed by atoms with Crippen LogP contribution in [0.4, 0.5) is 10.1 Å². The Labute approximate surface area is 111 Å². The average molecular weight is 262 g/mol. The van der Waals surface area contributed by atoms with E-state index in [2.05, 4.69) is 10.3 Å². The van der Waals surface area contributed by atoms with Gasteiger partial charge in [0.2, 0.25) is 5.88 Å². The van der Waals surface area contributed by atoms with Crippen LogP contribution in [0.2, 0.25) is 0 Å². The van der Waals surface area contributed by atoms with Gasteiger partial charge in [0.25, 0.3) is 0 Å². The number of halogens is 1. The summed E-state index contributed by atoms with van der Waals surface area (Å²) >= 11 is 0. The maximum absolute atomic E-state index is 13.6. The average Bonchev–Trinajstić information content (AvgIpc) is 2.46. The van der Waals surface area contributed by atoms with Gasteiger partial charge in [0, 0.05) is 24.4 Å². The molecule has 0 saturated carbocycles. The first-order chi connectivity index (χ1) is 9.24. The van der Waals surface area contributed by atoms with Gasteiger partial charge >= 0.3 is 0 Å². The maximum atomic E-state index is 13.6. The number of pyridine rings is 1. The largest absolute Gasteiger partial charge is 0.497 e. The van der Waals surface area contributed by atoms with Crippen molar-refractivity contribution in [3.8, 4) is 11.6 Å². The van der Waals surface area contributed by atoms with Crippen LogP contribution in [0.15, 0.2) is 36.5 Å². The van der Waals surface area contributed by atoms with Crippen molar-refractivity contribution in [3.05, 3.63) is 47.9 Å². The summed E-state index contributed by atoms with van der Waals surface area (Å²) in [6, 6.07) is 8.23. The number of hydrogen-bond acceptors (Lipinski definition) is 4. The smallest absolute Gasteiger partial charge is 0.218 e. The van der Waals surface area contributed by atoms with Crippen LogP contribution in [0.25, 0.3) is 0 Å². The third-order valence-electron chi connectivity index (χ3n) is 2.69. The first kappa shape index (κ1) is 13.1. The molecule has 0 fully saturated rings. The van der Waals surface area contributed by atoms with Crippen LogP contribution in [0.1, 0.15) is 5.56 Å². The molecule has 1 N–H and O–H groups in total.